The third kappa shape index (κ3) is 3.78. The Hall–Kier alpha value is -1.18. The smallest absolute Gasteiger partial charge is 0.177 e. The van der Waals surface area contributed by atoms with E-state index in [-0.39, 0.29) is 11.5 Å². The van der Waals surface area contributed by atoms with Crippen molar-refractivity contribution in [3.05, 3.63) is 24.4 Å². The highest BCUT2D eigenvalue weighted by Crippen LogP contribution is 1.91. The molecule has 2 heteroatoms. The number of nitrogens with zero attached hydrogens (tertiary/aromatic N) is 1. The van der Waals surface area contributed by atoms with Gasteiger partial charge in [-0.05, 0) is 13.0 Å². The molecule has 54 valence electrons. The second-order valence-electron chi connectivity index (χ2n) is 1.81. The highest BCUT2D eigenvalue weighted by Gasteiger charge is 1.92. The minimum absolute atomic E-state index is 0.0965. The average molecular weight is 137 g/mol. The van der Waals surface area contributed by atoms with Crippen molar-refractivity contribution in [3.8, 4) is 0 Å². The molecular formula is C8H11NO. The van der Waals surface area contributed by atoms with Crippen molar-refractivity contribution in [2.45, 2.75) is 13.8 Å². The summed E-state index contributed by atoms with van der Waals surface area (Å²) in [4.78, 5) is 14.3. The zero-order chi connectivity index (χ0) is 7.98. The summed E-state index contributed by atoms with van der Waals surface area (Å²) in [5.74, 6) is -0.0965. The molecule has 0 unspecified atom stereocenters. The minimum Gasteiger partial charge on any atom is -0.293 e. The van der Waals surface area contributed by atoms with E-state index in [0.29, 0.717) is 0 Å². The summed E-state index contributed by atoms with van der Waals surface area (Å²) in [6.07, 6.45) is 5.12. The first-order valence-electron chi connectivity index (χ1n) is 3.03. The molecule has 0 amide bonds. The van der Waals surface area contributed by atoms with Crippen molar-refractivity contribution in [1.82, 2.24) is 0 Å². The van der Waals surface area contributed by atoms with Gasteiger partial charge < -0.3 is 0 Å². The molecule has 0 aliphatic carbocycles. The summed E-state index contributed by atoms with van der Waals surface area (Å²) in [6, 6.07) is 0. The number of hydrogen-bond acceptors (Lipinski definition) is 2. The van der Waals surface area contributed by atoms with Crippen LogP contribution in [0.1, 0.15) is 13.8 Å². The lowest BCUT2D eigenvalue weighted by Crippen LogP contribution is -1.90. The van der Waals surface area contributed by atoms with E-state index in [0.717, 1.165) is 0 Å². The first kappa shape index (κ1) is 8.82. The average Bonchev–Trinajstić information content (AvgIpc) is 1.88. The van der Waals surface area contributed by atoms with Gasteiger partial charge in [-0.2, -0.15) is 0 Å². The Morgan fingerprint density at radius 1 is 1.60 bits per heavy atom. The molecule has 0 radical (unpaired) electrons. The first-order valence-corrected chi connectivity index (χ1v) is 3.03. The number of rotatable bonds is 3. The zero-order valence-corrected chi connectivity index (χ0v) is 6.29. The summed E-state index contributed by atoms with van der Waals surface area (Å²) in [7, 11) is 0. The van der Waals surface area contributed by atoms with Crippen molar-refractivity contribution < 1.29 is 4.79 Å². The van der Waals surface area contributed by atoms with Crippen molar-refractivity contribution in [3.63, 3.8) is 0 Å². The van der Waals surface area contributed by atoms with Crippen LogP contribution in [0.3, 0.4) is 0 Å². The van der Waals surface area contributed by atoms with Crippen LogP contribution in [-0.4, -0.2) is 12.0 Å². The van der Waals surface area contributed by atoms with Crippen molar-refractivity contribution in [2.24, 2.45) is 4.99 Å². The Balaban J connectivity index is 3.90. The summed E-state index contributed by atoms with van der Waals surface area (Å²) in [5.41, 5.74) is 0.290. The molecular weight excluding hydrogens is 126 g/mol. The molecule has 0 heterocycles. The molecule has 0 N–H and O–H groups in total. The highest BCUT2D eigenvalue weighted by atomic mass is 16.1. The normalized spacial score (nSPS) is 11.0. The van der Waals surface area contributed by atoms with Crippen LogP contribution >= 0.6 is 0 Å². The molecule has 0 spiro atoms. The van der Waals surface area contributed by atoms with Crippen molar-refractivity contribution in [1.29, 1.82) is 0 Å². The third-order valence-electron chi connectivity index (χ3n) is 0.915. The number of allylic oxidation sites excluding steroid dienone is 3. The van der Waals surface area contributed by atoms with Crippen LogP contribution < -0.4 is 0 Å². The number of aliphatic imine (C=N–C) groups is 1. The molecule has 0 aromatic heterocycles. The second-order valence-corrected chi connectivity index (χ2v) is 1.81. The molecule has 0 rings (SSSR count). The van der Waals surface area contributed by atoms with Gasteiger partial charge in [-0.1, -0.05) is 12.7 Å². The van der Waals surface area contributed by atoms with Crippen LogP contribution in [0.5, 0.6) is 0 Å². The predicted molar refractivity (Wildman–Crippen MR) is 43.1 cm³/mol. The molecule has 0 fully saturated rings. The summed E-state index contributed by atoms with van der Waals surface area (Å²) < 4.78 is 0. The Labute approximate surface area is 61.0 Å². The van der Waals surface area contributed by atoms with Gasteiger partial charge in [0.1, 0.15) is 0 Å². The van der Waals surface area contributed by atoms with Crippen LogP contribution in [0.2, 0.25) is 0 Å². The topological polar surface area (TPSA) is 29.4 Å². The molecule has 0 saturated carbocycles. The van der Waals surface area contributed by atoms with Gasteiger partial charge in [-0.15, -0.1) is 0 Å². The fourth-order valence-electron chi connectivity index (χ4n) is 0.310. The fraction of sp³-hybridized carbons (Fsp3) is 0.250. The fourth-order valence-corrected chi connectivity index (χ4v) is 0.310. The van der Waals surface area contributed by atoms with Gasteiger partial charge in [0.25, 0.3) is 0 Å². The van der Waals surface area contributed by atoms with E-state index < -0.39 is 0 Å². The molecule has 0 saturated heterocycles. The highest BCUT2D eigenvalue weighted by molar-refractivity contribution is 5.94. The minimum atomic E-state index is -0.0965. The second kappa shape index (κ2) is 4.68. The van der Waals surface area contributed by atoms with Gasteiger partial charge in [-0.3, -0.25) is 9.79 Å². The molecule has 0 aromatic rings. The van der Waals surface area contributed by atoms with Crippen LogP contribution in [0.25, 0.3) is 0 Å². The van der Waals surface area contributed by atoms with Gasteiger partial charge in [-0.25, -0.2) is 0 Å². The van der Waals surface area contributed by atoms with Gasteiger partial charge >= 0.3 is 0 Å². The molecule has 0 bridgehead atoms. The molecule has 10 heavy (non-hydrogen) atoms. The maximum atomic E-state index is 10.5. The largest absolute Gasteiger partial charge is 0.293 e. The maximum Gasteiger partial charge on any atom is 0.177 e. The Morgan fingerprint density at radius 3 is 2.60 bits per heavy atom. The van der Waals surface area contributed by atoms with Crippen molar-refractivity contribution >= 4 is 12.0 Å². The molecule has 0 aliphatic rings. The molecule has 2 nitrogen and oxygen atoms in total. The van der Waals surface area contributed by atoms with E-state index in [1.807, 2.05) is 13.0 Å². The number of hydrogen-bond donors (Lipinski definition) is 0. The van der Waals surface area contributed by atoms with Crippen molar-refractivity contribution in [2.75, 3.05) is 0 Å². The number of ketones is 1. The van der Waals surface area contributed by atoms with Crippen LogP contribution in [0.15, 0.2) is 29.4 Å². The summed E-state index contributed by atoms with van der Waals surface area (Å²) >= 11 is 0. The van der Waals surface area contributed by atoms with Crippen LogP contribution in [0, 0.1) is 0 Å². The Bertz CT molecular complexity index is 189. The maximum absolute atomic E-state index is 10.5. The monoisotopic (exact) mass is 137 g/mol. The van der Waals surface area contributed by atoms with E-state index in [1.165, 1.54) is 6.92 Å². The summed E-state index contributed by atoms with van der Waals surface area (Å²) in [6.45, 7) is 6.76. The predicted octanol–water partition coefficient (Wildman–Crippen LogP) is 1.74. The van der Waals surface area contributed by atoms with E-state index in [1.54, 1.807) is 12.3 Å². The lowest BCUT2D eigenvalue weighted by molar-refractivity contribution is -0.113. The van der Waals surface area contributed by atoms with Gasteiger partial charge in [0, 0.05) is 13.1 Å². The summed E-state index contributed by atoms with van der Waals surface area (Å²) in [5, 5.41) is 0. The number of carbonyl (C=O) groups excluding carboxylic acids is 1. The zero-order valence-electron chi connectivity index (χ0n) is 6.29. The molecule has 0 atom stereocenters. The van der Waals surface area contributed by atoms with Gasteiger partial charge in [0.15, 0.2) is 5.78 Å². The standard InChI is InChI=1S/C8H11NO/c1-4-5-6-9-7(2)8(3)10/h4-6H,2H2,1,3H3/b5-4-,9-6-. The van der Waals surface area contributed by atoms with E-state index in [2.05, 4.69) is 11.6 Å². The van der Waals surface area contributed by atoms with E-state index >= 15 is 0 Å². The van der Waals surface area contributed by atoms with Gasteiger partial charge in [0.2, 0.25) is 0 Å². The van der Waals surface area contributed by atoms with Crippen LogP contribution in [0.4, 0.5) is 0 Å². The third-order valence-corrected chi connectivity index (χ3v) is 0.915. The lowest BCUT2D eigenvalue weighted by Gasteiger charge is -1.86. The Kier molecular flexibility index (Phi) is 4.12. The lowest BCUT2D eigenvalue weighted by atomic mass is 10.4. The molecule has 0 aromatic carbocycles. The number of Topliss-reactive ketones (excluding diaryl/α,β-unsaturated/α-hetero) is 1. The number of carbonyl (C=O) groups is 1. The van der Waals surface area contributed by atoms with Gasteiger partial charge in [0.05, 0.1) is 5.70 Å². The quantitative estimate of drug-likeness (QED) is 0.430. The Morgan fingerprint density at radius 2 is 2.20 bits per heavy atom. The van der Waals surface area contributed by atoms with E-state index in [4.69, 9.17) is 0 Å². The van der Waals surface area contributed by atoms with E-state index in [9.17, 15) is 4.79 Å². The van der Waals surface area contributed by atoms with Crippen LogP contribution in [-0.2, 0) is 4.79 Å². The first-order chi connectivity index (χ1) is 4.68. The molecule has 0 aliphatic heterocycles. The SMILES string of the molecule is C=C(/N=C\C=C/C)C(C)=O.